The first-order chi connectivity index (χ1) is 12.9. The minimum absolute atomic E-state index is 0.0110. The lowest BCUT2D eigenvalue weighted by molar-refractivity contribution is -0.134. The highest BCUT2D eigenvalue weighted by Crippen LogP contribution is 2.46. The summed E-state index contributed by atoms with van der Waals surface area (Å²) in [5.41, 5.74) is 6.13. The minimum Gasteiger partial charge on any atom is -0.382 e. The molecule has 1 amide bonds. The quantitative estimate of drug-likeness (QED) is 0.414. The summed E-state index contributed by atoms with van der Waals surface area (Å²) in [5.74, 6) is -3.67. The van der Waals surface area contributed by atoms with Crippen LogP contribution in [0.15, 0.2) is 18.3 Å². The first-order valence-electron chi connectivity index (χ1n) is 9.85. The van der Waals surface area contributed by atoms with Gasteiger partial charge in [-0.25, -0.2) is 8.78 Å². The molecule has 1 aromatic rings. The Labute approximate surface area is 158 Å². The number of nitrogens with two attached hydrogens (primary N) is 1. The normalized spacial score (nSPS) is 26.1. The van der Waals surface area contributed by atoms with Gasteiger partial charge in [0.2, 0.25) is 11.8 Å². The molecule has 2 aliphatic rings. The van der Waals surface area contributed by atoms with E-state index in [-0.39, 0.29) is 36.2 Å². The minimum atomic E-state index is -2.79. The van der Waals surface area contributed by atoms with E-state index in [0.717, 1.165) is 25.7 Å². The summed E-state index contributed by atoms with van der Waals surface area (Å²) in [5, 5.41) is 10.2. The zero-order valence-corrected chi connectivity index (χ0v) is 15.5. The van der Waals surface area contributed by atoms with Crippen molar-refractivity contribution in [3.05, 3.63) is 24.0 Å². The van der Waals surface area contributed by atoms with Crippen LogP contribution in [0.4, 0.5) is 14.5 Å². The molecule has 0 aliphatic heterocycles. The van der Waals surface area contributed by atoms with Crippen LogP contribution in [0.2, 0.25) is 0 Å². The maximum absolute atomic E-state index is 14.1. The Balaban J connectivity index is 1.77. The molecule has 0 spiro atoms. The maximum atomic E-state index is 14.1. The van der Waals surface area contributed by atoms with E-state index in [1.807, 2.05) is 0 Å². The molecule has 2 aliphatic carbocycles. The number of anilines is 1. The number of carbonyl (C=O) groups is 1. The number of alkyl halides is 2. The van der Waals surface area contributed by atoms with Gasteiger partial charge in [-0.05, 0) is 30.4 Å². The molecule has 0 saturated heterocycles. The molecule has 0 aromatic carbocycles. The second-order valence-electron chi connectivity index (χ2n) is 7.95. The van der Waals surface area contributed by atoms with E-state index in [9.17, 15) is 13.6 Å². The highest BCUT2D eigenvalue weighted by molar-refractivity contribution is 5.96. The van der Waals surface area contributed by atoms with Crippen molar-refractivity contribution in [2.24, 2.45) is 23.5 Å². The summed E-state index contributed by atoms with van der Waals surface area (Å²) in [4.78, 5) is 16.9. The summed E-state index contributed by atoms with van der Waals surface area (Å²) < 4.78 is 28.2. The van der Waals surface area contributed by atoms with Crippen LogP contribution >= 0.6 is 0 Å². The number of amidine groups is 1. The number of hydrogen-bond donors (Lipinski definition) is 3. The van der Waals surface area contributed by atoms with Crippen LogP contribution in [0, 0.1) is 23.2 Å². The number of carbonyl (C=O) groups excluding carboxylic acids is 1. The number of aromatic nitrogens is 1. The molecule has 27 heavy (non-hydrogen) atoms. The second-order valence-corrected chi connectivity index (χ2v) is 7.95. The zero-order chi connectivity index (χ0) is 19.4. The molecule has 2 atom stereocenters. The van der Waals surface area contributed by atoms with Crippen molar-refractivity contribution in [2.75, 3.05) is 5.32 Å². The number of nitrogen functional groups attached to an aromatic ring is 1. The number of nitrogens with one attached hydrogen (secondary N) is 2. The third-order valence-corrected chi connectivity index (χ3v) is 6.02. The Morgan fingerprint density at radius 3 is 2.59 bits per heavy atom. The van der Waals surface area contributed by atoms with Crippen LogP contribution < -0.4 is 11.1 Å². The van der Waals surface area contributed by atoms with Gasteiger partial charge in [-0.3, -0.25) is 15.2 Å². The number of nitrogens with zero attached hydrogens (tertiary/aromatic N) is 1. The average molecular weight is 378 g/mol. The molecular weight excluding hydrogens is 350 g/mol. The van der Waals surface area contributed by atoms with Crippen molar-refractivity contribution < 1.29 is 13.6 Å². The molecule has 4 N–H and O–H groups in total. The van der Waals surface area contributed by atoms with Crippen molar-refractivity contribution in [3.63, 3.8) is 0 Å². The SMILES string of the molecule is N=C(N)c1cc(NC(=O)C2CC(F)(F)CCC2C2CCCCCC2)ccn1. The van der Waals surface area contributed by atoms with Gasteiger partial charge in [0, 0.05) is 30.6 Å². The standard InChI is InChI=1S/C20H28F2N4O/c21-20(22)9-7-15(13-5-3-1-2-4-6-13)16(12-20)19(27)26-14-8-10-25-17(11-14)18(23)24/h8,10-11,13,15-16H,1-7,9,12H2,(H3,23,24)(H,25,26,27). The van der Waals surface area contributed by atoms with E-state index < -0.39 is 11.8 Å². The van der Waals surface area contributed by atoms with Crippen LogP contribution in [-0.4, -0.2) is 22.6 Å². The van der Waals surface area contributed by atoms with Crippen LogP contribution in [0.5, 0.6) is 0 Å². The van der Waals surface area contributed by atoms with Crippen molar-refractivity contribution in [1.82, 2.24) is 4.98 Å². The molecule has 1 aromatic heterocycles. The van der Waals surface area contributed by atoms with Crippen LogP contribution in [0.25, 0.3) is 0 Å². The van der Waals surface area contributed by atoms with Gasteiger partial charge >= 0.3 is 0 Å². The van der Waals surface area contributed by atoms with Crippen LogP contribution in [0.3, 0.4) is 0 Å². The molecule has 2 saturated carbocycles. The fourth-order valence-electron chi connectivity index (χ4n) is 4.64. The van der Waals surface area contributed by atoms with Crippen molar-refractivity contribution >= 4 is 17.4 Å². The topological polar surface area (TPSA) is 91.9 Å². The Hall–Kier alpha value is -2.05. The Morgan fingerprint density at radius 2 is 1.93 bits per heavy atom. The molecule has 2 unspecified atom stereocenters. The van der Waals surface area contributed by atoms with Crippen molar-refractivity contribution in [2.45, 2.75) is 63.7 Å². The van der Waals surface area contributed by atoms with Gasteiger partial charge in [0.15, 0.2) is 0 Å². The molecule has 3 rings (SSSR count). The fraction of sp³-hybridized carbons (Fsp3) is 0.650. The average Bonchev–Trinajstić information content (AvgIpc) is 2.90. The lowest BCUT2D eigenvalue weighted by Crippen LogP contribution is -2.42. The van der Waals surface area contributed by atoms with Crippen molar-refractivity contribution in [3.8, 4) is 0 Å². The summed E-state index contributed by atoms with van der Waals surface area (Å²) in [6.45, 7) is 0. The third kappa shape index (κ3) is 5.02. The Kier molecular flexibility index (Phi) is 6.07. The second kappa shape index (κ2) is 8.31. The smallest absolute Gasteiger partial charge is 0.248 e. The van der Waals surface area contributed by atoms with Crippen molar-refractivity contribution in [1.29, 1.82) is 5.41 Å². The summed E-state index contributed by atoms with van der Waals surface area (Å²) in [6.07, 6.45) is 8.05. The zero-order valence-electron chi connectivity index (χ0n) is 15.5. The molecule has 2 fully saturated rings. The highest BCUT2D eigenvalue weighted by atomic mass is 19.3. The predicted octanol–water partition coefficient (Wildman–Crippen LogP) is 4.33. The number of rotatable bonds is 4. The van der Waals surface area contributed by atoms with Crippen LogP contribution in [-0.2, 0) is 4.79 Å². The first kappa shape index (κ1) is 19.7. The largest absolute Gasteiger partial charge is 0.382 e. The van der Waals surface area contributed by atoms with Gasteiger partial charge in [-0.1, -0.05) is 38.5 Å². The van der Waals surface area contributed by atoms with E-state index in [2.05, 4.69) is 10.3 Å². The summed E-state index contributed by atoms with van der Waals surface area (Å²) in [6, 6.07) is 3.09. The number of hydrogen-bond acceptors (Lipinski definition) is 3. The maximum Gasteiger partial charge on any atom is 0.248 e. The lowest BCUT2D eigenvalue weighted by atomic mass is 9.68. The molecule has 5 nitrogen and oxygen atoms in total. The van der Waals surface area contributed by atoms with Gasteiger partial charge in [-0.15, -0.1) is 0 Å². The van der Waals surface area contributed by atoms with Gasteiger partial charge in [0.1, 0.15) is 11.5 Å². The molecule has 148 valence electrons. The molecule has 0 radical (unpaired) electrons. The van der Waals surface area contributed by atoms with Gasteiger partial charge in [0.25, 0.3) is 0 Å². The van der Waals surface area contributed by atoms with Gasteiger partial charge in [-0.2, -0.15) is 0 Å². The Bertz CT molecular complexity index is 686. The molecule has 1 heterocycles. The molecule has 7 heteroatoms. The van der Waals surface area contributed by atoms with E-state index in [4.69, 9.17) is 11.1 Å². The van der Waals surface area contributed by atoms with Crippen LogP contribution in [0.1, 0.15) is 63.5 Å². The lowest BCUT2D eigenvalue weighted by Gasteiger charge is -2.39. The van der Waals surface area contributed by atoms with E-state index >= 15 is 0 Å². The Morgan fingerprint density at radius 1 is 1.22 bits per heavy atom. The number of pyridine rings is 1. The van der Waals surface area contributed by atoms with E-state index in [1.54, 1.807) is 6.07 Å². The number of amides is 1. The summed E-state index contributed by atoms with van der Waals surface area (Å²) >= 11 is 0. The summed E-state index contributed by atoms with van der Waals surface area (Å²) in [7, 11) is 0. The number of halogens is 2. The first-order valence-corrected chi connectivity index (χ1v) is 9.85. The highest BCUT2D eigenvalue weighted by Gasteiger charge is 2.46. The third-order valence-electron chi connectivity index (χ3n) is 6.02. The fourth-order valence-corrected chi connectivity index (χ4v) is 4.64. The molecular formula is C20H28F2N4O. The molecule has 0 bridgehead atoms. The van der Waals surface area contributed by atoms with E-state index in [1.165, 1.54) is 25.1 Å². The van der Waals surface area contributed by atoms with E-state index in [0.29, 0.717) is 18.0 Å². The van der Waals surface area contributed by atoms with Gasteiger partial charge < -0.3 is 11.1 Å². The predicted molar refractivity (Wildman–Crippen MR) is 101 cm³/mol. The monoisotopic (exact) mass is 378 g/mol. The van der Waals surface area contributed by atoms with Gasteiger partial charge in [0.05, 0.1) is 0 Å².